The van der Waals surface area contributed by atoms with Crippen LogP contribution in [-0.4, -0.2) is 32.0 Å². The summed E-state index contributed by atoms with van der Waals surface area (Å²) >= 11 is 5.92. The SMILES string of the molecule is Cc1ccc(S(=O)(=O)N(CC(=O)N/N=C\c2ccccc2[N+](=O)[O-])c2ccc(Cl)cc2)cc1. The highest BCUT2D eigenvalue weighted by atomic mass is 35.5. The fourth-order valence-corrected chi connectivity index (χ4v) is 4.41. The second kappa shape index (κ2) is 10.2. The van der Waals surface area contributed by atoms with Gasteiger partial charge in [0.15, 0.2) is 0 Å². The Morgan fingerprint density at radius 2 is 1.73 bits per heavy atom. The lowest BCUT2D eigenvalue weighted by Gasteiger charge is -2.23. The third-order valence-electron chi connectivity index (χ3n) is 4.54. The lowest BCUT2D eigenvalue weighted by atomic mass is 10.2. The maximum absolute atomic E-state index is 13.3. The maximum atomic E-state index is 13.3. The number of hydrogen-bond acceptors (Lipinski definition) is 6. The average molecular weight is 487 g/mol. The summed E-state index contributed by atoms with van der Waals surface area (Å²) in [6, 6.07) is 18.1. The molecule has 0 aromatic heterocycles. The summed E-state index contributed by atoms with van der Waals surface area (Å²) in [4.78, 5) is 23.1. The predicted octanol–water partition coefficient (Wildman–Crippen LogP) is 3.90. The predicted molar refractivity (Wildman–Crippen MR) is 126 cm³/mol. The molecular weight excluding hydrogens is 468 g/mol. The van der Waals surface area contributed by atoms with Crippen LogP contribution in [0.3, 0.4) is 0 Å². The van der Waals surface area contributed by atoms with Crippen molar-refractivity contribution in [2.75, 3.05) is 10.8 Å². The van der Waals surface area contributed by atoms with Crippen LogP contribution < -0.4 is 9.73 Å². The van der Waals surface area contributed by atoms with E-state index >= 15 is 0 Å². The molecule has 1 N–H and O–H groups in total. The zero-order chi connectivity index (χ0) is 24.0. The zero-order valence-corrected chi connectivity index (χ0v) is 19.0. The molecule has 0 bridgehead atoms. The molecule has 0 radical (unpaired) electrons. The molecule has 3 rings (SSSR count). The van der Waals surface area contributed by atoms with E-state index < -0.39 is 27.4 Å². The van der Waals surface area contributed by atoms with Gasteiger partial charge in [-0.05, 0) is 49.4 Å². The number of rotatable bonds is 8. The molecule has 33 heavy (non-hydrogen) atoms. The van der Waals surface area contributed by atoms with Gasteiger partial charge in [0.1, 0.15) is 6.54 Å². The average Bonchev–Trinajstić information content (AvgIpc) is 2.78. The minimum atomic E-state index is -4.09. The van der Waals surface area contributed by atoms with Crippen molar-refractivity contribution in [1.29, 1.82) is 0 Å². The van der Waals surface area contributed by atoms with Gasteiger partial charge in [0.25, 0.3) is 21.6 Å². The van der Waals surface area contributed by atoms with E-state index in [2.05, 4.69) is 10.5 Å². The molecule has 0 fully saturated rings. The third-order valence-corrected chi connectivity index (χ3v) is 6.58. The largest absolute Gasteiger partial charge is 0.278 e. The number of nitro groups is 1. The number of nitrogens with one attached hydrogen (secondary N) is 1. The maximum Gasteiger partial charge on any atom is 0.278 e. The van der Waals surface area contributed by atoms with Gasteiger partial charge in [-0.15, -0.1) is 0 Å². The van der Waals surface area contributed by atoms with Crippen molar-refractivity contribution in [2.24, 2.45) is 5.10 Å². The van der Waals surface area contributed by atoms with Crippen molar-refractivity contribution in [3.8, 4) is 0 Å². The number of carbonyl (C=O) groups is 1. The number of halogens is 1. The van der Waals surface area contributed by atoms with E-state index in [1.54, 1.807) is 18.2 Å². The molecule has 9 nitrogen and oxygen atoms in total. The van der Waals surface area contributed by atoms with Crippen molar-refractivity contribution in [1.82, 2.24) is 5.43 Å². The summed E-state index contributed by atoms with van der Waals surface area (Å²) in [6.07, 6.45) is 1.12. The number of aryl methyl sites for hydroxylation is 1. The molecule has 0 aliphatic rings. The fraction of sp³-hybridized carbons (Fsp3) is 0.0909. The lowest BCUT2D eigenvalue weighted by Crippen LogP contribution is -2.39. The van der Waals surface area contributed by atoms with E-state index in [0.29, 0.717) is 5.02 Å². The van der Waals surface area contributed by atoms with Crippen LogP contribution in [0.1, 0.15) is 11.1 Å². The highest BCUT2D eigenvalue weighted by Gasteiger charge is 2.27. The monoisotopic (exact) mass is 486 g/mol. The number of para-hydroxylation sites is 1. The topological polar surface area (TPSA) is 122 Å². The highest BCUT2D eigenvalue weighted by molar-refractivity contribution is 7.92. The van der Waals surface area contributed by atoms with E-state index in [0.717, 1.165) is 16.1 Å². The van der Waals surface area contributed by atoms with Gasteiger partial charge in [0, 0.05) is 11.1 Å². The molecule has 0 heterocycles. The molecule has 3 aromatic carbocycles. The number of amides is 1. The van der Waals surface area contributed by atoms with Gasteiger partial charge >= 0.3 is 0 Å². The standard InChI is InChI=1S/C22H19ClN4O5S/c1-16-6-12-20(13-7-16)33(31,32)26(19-10-8-18(23)9-11-19)15-22(28)25-24-14-17-4-2-3-5-21(17)27(29)30/h2-14H,15H2,1H3,(H,25,28)/b24-14-. The van der Waals surface area contributed by atoms with E-state index in [1.165, 1.54) is 54.6 Å². The summed E-state index contributed by atoms with van der Waals surface area (Å²) in [6.45, 7) is 1.25. The van der Waals surface area contributed by atoms with Crippen LogP contribution in [-0.2, 0) is 14.8 Å². The first-order valence-electron chi connectivity index (χ1n) is 9.59. The second-order valence-electron chi connectivity index (χ2n) is 6.91. The van der Waals surface area contributed by atoms with Crippen LogP contribution in [0.2, 0.25) is 5.02 Å². The molecule has 0 unspecified atom stereocenters. The smallest absolute Gasteiger partial charge is 0.271 e. The number of hydrazone groups is 1. The molecule has 0 aliphatic carbocycles. The Morgan fingerprint density at radius 3 is 2.36 bits per heavy atom. The van der Waals surface area contributed by atoms with Crippen LogP contribution in [0.15, 0.2) is 82.8 Å². The molecular formula is C22H19ClN4O5S. The minimum absolute atomic E-state index is 0.0132. The number of benzene rings is 3. The summed E-state index contributed by atoms with van der Waals surface area (Å²) in [5, 5.41) is 15.2. The Bertz CT molecular complexity index is 1290. The molecule has 0 saturated carbocycles. The molecule has 3 aromatic rings. The summed E-state index contributed by atoms with van der Waals surface area (Å²) < 4.78 is 27.5. The van der Waals surface area contributed by atoms with Crippen molar-refractivity contribution >= 4 is 45.1 Å². The van der Waals surface area contributed by atoms with Gasteiger partial charge in [-0.3, -0.25) is 19.2 Å². The molecule has 0 spiro atoms. The molecule has 170 valence electrons. The first-order chi connectivity index (χ1) is 15.7. The van der Waals surface area contributed by atoms with Gasteiger partial charge in [0.05, 0.1) is 27.3 Å². The quantitative estimate of drug-likeness (QED) is 0.294. The number of hydrogen-bond donors (Lipinski definition) is 1. The lowest BCUT2D eigenvalue weighted by molar-refractivity contribution is -0.385. The number of nitro benzene ring substituents is 1. The van der Waals surface area contributed by atoms with Gasteiger partial charge in [-0.2, -0.15) is 5.10 Å². The summed E-state index contributed by atoms with van der Waals surface area (Å²) in [5.74, 6) is -0.740. The third kappa shape index (κ3) is 5.93. The Labute approximate surface area is 195 Å². The van der Waals surface area contributed by atoms with Gasteiger partial charge < -0.3 is 0 Å². The van der Waals surface area contributed by atoms with Crippen LogP contribution in [0, 0.1) is 17.0 Å². The molecule has 0 atom stereocenters. The Morgan fingerprint density at radius 1 is 1.09 bits per heavy atom. The highest BCUT2D eigenvalue weighted by Crippen LogP contribution is 2.25. The fourth-order valence-electron chi connectivity index (χ4n) is 2.86. The molecule has 11 heteroatoms. The van der Waals surface area contributed by atoms with Crippen molar-refractivity contribution in [3.63, 3.8) is 0 Å². The number of anilines is 1. The summed E-state index contributed by atoms with van der Waals surface area (Å²) in [5.41, 5.74) is 3.34. The normalized spacial score (nSPS) is 11.3. The van der Waals surface area contributed by atoms with Crippen molar-refractivity contribution in [2.45, 2.75) is 11.8 Å². The van der Waals surface area contributed by atoms with Gasteiger partial charge in [0.2, 0.25) is 0 Å². The number of nitrogens with zero attached hydrogens (tertiary/aromatic N) is 3. The van der Waals surface area contributed by atoms with Crippen LogP contribution in [0.4, 0.5) is 11.4 Å². The van der Waals surface area contributed by atoms with Crippen LogP contribution in [0.25, 0.3) is 0 Å². The second-order valence-corrected chi connectivity index (χ2v) is 9.21. The van der Waals surface area contributed by atoms with E-state index in [-0.39, 0.29) is 21.8 Å². The molecule has 0 saturated heterocycles. The van der Waals surface area contributed by atoms with E-state index in [4.69, 9.17) is 11.6 Å². The zero-order valence-electron chi connectivity index (χ0n) is 17.4. The number of sulfonamides is 1. The molecule has 0 aliphatic heterocycles. The van der Waals surface area contributed by atoms with E-state index in [9.17, 15) is 23.3 Å². The van der Waals surface area contributed by atoms with Gasteiger partial charge in [-0.25, -0.2) is 13.8 Å². The minimum Gasteiger partial charge on any atom is -0.271 e. The Hall–Kier alpha value is -3.76. The van der Waals surface area contributed by atoms with Crippen LogP contribution >= 0.6 is 11.6 Å². The first-order valence-corrected chi connectivity index (χ1v) is 11.4. The van der Waals surface area contributed by atoms with Crippen molar-refractivity contribution < 1.29 is 18.1 Å². The van der Waals surface area contributed by atoms with Crippen molar-refractivity contribution in [3.05, 3.63) is 99.1 Å². The van der Waals surface area contributed by atoms with E-state index in [1.807, 2.05) is 6.92 Å². The Balaban J connectivity index is 1.85. The molecule has 1 amide bonds. The first kappa shape index (κ1) is 23.9. The number of carbonyl (C=O) groups excluding carboxylic acids is 1. The van der Waals surface area contributed by atoms with Gasteiger partial charge in [-0.1, -0.05) is 41.4 Å². The van der Waals surface area contributed by atoms with Crippen LogP contribution in [0.5, 0.6) is 0 Å². The Kier molecular flexibility index (Phi) is 7.41. The summed E-state index contributed by atoms with van der Waals surface area (Å²) in [7, 11) is -4.09.